The van der Waals surface area contributed by atoms with Crippen molar-refractivity contribution in [3.05, 3.63) is 0 Å². The molecule has 0 radical (unpaired) electrons. The second-order valence-electron chi connectivity index (χ2n) is 7.88. The zero-order valence-electron chi connectivity index (χ0n) is 12.6. The minimum Gasteiger partial charge on any atom is -0.411 e. The van der Waals surface area contributed by atoms with Gasteiger partial charge in [0.25, 0.3) is 0 Å². The molecule has 3 nitrogen and oxygen atoms in total. The van der Waals surface area contributed by atoms with Crippen molar-refractivity contribution in [3.63, 3.8) is 0 Å². The van der Waals surface area contributed by atoms with Gasteiger partial charge in [0.15, 0.2) is 0 Å². The maximum absolute atomic E-state index is 9.79. The van der Waals surface area contributed by atoms with Crippen molar-refractivity contribution in [1.29, 1.82) is 0 Å². The highest BCUT2D eigenvalue weighted by Gasteiger charge is 2.55. The Morgan fingerprint density at radius 2 is 1.30 bits per heavy atom. The van der Waals surface area contributed by atoms with Gasteiger partial charge in [0.2, 0.25) is 0 Å². The second kappa shape index (κ2) is 4.32. The molecule has 0 aliphatic heterocycles. The molecule has 4 aliphatic carbocycles. The Morgan fingerprint density at radius 3 is 1.60 bits per heavy atom. The van der Waals surface area contributed by atoms with E-state index in [9.17, 15) is 5.21 Å². The van der Waals surface area contributed by atoms with E-state index in [4.69, 9.17) is 4.99 Å². The first-order valence-corrected chi connectivity index (χ1v) is 8.42. The summed E-state index contributed by atoms with van der Waals surface area (Å²) in [5.74, 6) is 1.78. The highest BCUT2D eigenvalue weighted by atomic mass is 16.4. The molecule has 0 aromatic carbocycles. The monoisotopic (exact) mass is 274 g/mol. The molecule has 0 aromatic heterocycles. The van der Waals surface area contributed by atoms with Crippen molar-refractivity contribution in [2.24, 2.45) is 32.8 Å². The minimum absolute atomic E-state index is 0.170. The van der Waals surface area contributed by atoms with Crippen LogP contribution >= 0.6 is 0 Å². The van der Waals surface area contributed by atoms with E-state index in [1.165, 1.54) is 69.9 Å². The number of nitrogens with zero attached hydrogens (tertiary/aromatic N) is 2. The summed E-state index contributed by atoms with van der Waals surface area (Å²) >= 11 is 0. The molecule has 0 unspecified atom stereocenters. The van der Waals surface area contributed by atoms with Crippen LogP contribution in [0.1, 0.15) is 64.2 Å². The van der Waals surface area contributed by atoms with Crippen molar-refractivity contribution >= 4 is 11.4 Å². The van der Waals surface area contributed by atoms with E-state index in [2.05, 4.69) is 5.16 Å². The summed E-state index contributed by atoms with van der Waals surface area (Å²) in [6.45, 7) is 0. The Balaban J connectivity index is 1.70. The molecule has 0 saturated heterocycles. The van der Waals surface area contributed by atoms with Crippen molar-refractivity contribution in [1.82, 2.24) is 0 Å². The van der Waals surface area contributed by atoms with E-state index in [0.717, 1.165) is 17.5 Å². The number of aliphatic imine (C=N–C) groups is 1. The molecule has 0 atom stereocenters. The topological polar surface area (TPSA) is 45.0 Å². The molecular formula is C17H26N2O. The van der Waals surface area contributed by atoms with Crippen molar-refractivity contribution in [3.8, 4) is 0 Å². The fourth-order valence-corrected chi connectivity index (χ4v) is 6.05. The molecule has 3 heteroatoms. The lowest BCUT2D eigenvalue weighted by atomic mass is 9.69. The molecule has 0 heterocycles. The maximum Gasteiger partial charge on any atom is 0.107 e. The number of oxime groups is 1. The Bertz CT molecular complexity index is 419. The molecule has 0 aromatic rings. The standard InChI is InChI=1S/C17H26N2O/c1-18-14(16-6-2-12(10-16)3-7-16)15(19-20)17-8-4-13(11-17)5-9-17/h12-13,20H,2-11H2,1H3. The third-order valence-corrected chi connectivity index (χ3v) is 7.04. The molecule has 4 rings (SSSR count). The zero-order valence-corrected chi connectivity index (χ0v) is 12.6. The van der Waals surface area contributed by atoms with Gasteiger partial charge < -0.3 is 5.21 Å². The third kappa shape index (κ3) is 1.58. The average molecular weight is 274 g/mol. The molecule has 110 valence electrons. The van der Waals surface area contributed by atoms with Gasteiger partial charge in [-0.3, -0.25) is 4.99 Å². The number of hydrogen-bond acceptors (Lipinski definition) is 3. The summed E-state index contributed by atoms with van der Waals surface area (Å²) in [7, 11) is 1.92. The Kier molecular flexibility index (Phi) is 2.77. The van der Waals surface area contributed by atoms with E-state index in [1.54, 1.807) is 0 Å². The molecule has 4 fully saturated rings. The van der Waals surface area contributed by atoms with E-state index < -0.39 is 0 Å². The van der Waals surface area contributed by atoms with Gasteiger partial charge in [-0.05, 0) is 76.0 Å². The molecule has 1 N–H and O–H groups in total. The van der Waals surface area contributed by atoms with Gasteiger partial charge in [-0.15, -0.1) is 0 Å². The van der Waals surface area contributed by atoms with E-state index in [1.807, 2.05) is 7.05 Å². The number of fused-ring (bicyclic) bond motifs is 4. The first-order chi connectivity index (χ1) is 9.71. The van der Waals surface area contributed by atoms with Crippen molar-refractivity contribution in [2.75, 3.05) is 7.05 Å². The molecular weight excluding hydrogens is 248 g/mol. The van der Waals surface area contributed by atoms with Crippen molar-refractivity contribution < 1.29 is 5.21 Å². The number of rotatable bonds is 3. The van der Waals surface area contributed by atoms with E-state index in [-0.39, 0.29) is 10.8 Å². The van der Waals surface area contributed by atoms with E-state index in [0.29, 0.717) is 0 Å². The summed E-state index contributed by atoms with van der Waals surface area (Å²) in [6.07, 6.45) is 12.9. The van der Waals surface area contributed by atoms with Crippen LogP contribution in [0.25, 0.3) is 0 Å². The largest absolute Gasteiger partial charge is 0.411 e. The van der Waals surface area contributed by atoms with Crippen LogP contribution in [0.2, 0.25) is 0 Å². The smallest absolute Gasteiger partial charge is 0.107 e. The van der Waals surface area contributed by atoms with Crippen LogP contribution in [0.3, 0.4) is 0 Å². The van der Waals surface area contributed by atoms with Crippen LogP contribution in [0, 0.1) is 22.7 Å². The first-order valence-electron chi connectivity index (χ1n) is 8.42. The van der Waals surface area contributed by atoms with Crippen LogP contribution in [0.15, 0.2) is 10.1 Å². The Hall–Kier alpha value is -0.860. The summed E-state index contributed by atoms with van der Waals surface area (Å²) in [5.41, 5.74) is 2.60. The molecule has 0 amide bonds. The number of hydrogen-bond donors (Lipinski definition) is 1. The Labute approximate surface area is 121 Å². The minimum atomic E-state index is 0.170. The van der Waals surface area contributed by atoms with Crippen molar-refractivity contribution in [2.45, 2.75) is 64.2 Å². The molecule has 0 spiro atoms. The molecule has 4 aliphatic rings. The summed E-state index contributed by atoms with van der Waals surface area (Å²) in [5, 5.41) is 13.6. The normalized spacial score (nSPS) is 47.5. The van der Waals surface area contributed by atoms with Gasteiger partial charge in [-0.25, -0.2) is 0 Å². The predicted molar refractivity (Wildman–Crippen MR) is 80.6 cm³/mol. The molecule has 4 bridgehead atoms. The lowest BCUT2D eigenvalue weighted by molar-refractivity contribution is 0.303. The van der Waals surface area contributed by atoms with Gasteiger partial charge in [-0.2, -0.15) is 0 Å². The van der Waals surface area contributed by atoms with Crippen LogP contribution < -0.4 is 0 Å². The lowest BCUT2D eigenvalue weighted by Gasteiger charge is -2.35. The quantitative estimate of drug-likeness (QED) is 0.471. The van der Waals surface area contributed by atoms with Crippen LogP contribution in [0.4, 0.5) is 0 Å². The Morgan fingerprint density at radius 1 is 0.850 bits per heavy atom. The van der Waals surface area contributed by atoms with Gasteiger partial charge in [-0.1, -0.05) is 5.16 Å². The fourth-order valence-electron chi connectivity index (χ4n) is 6.05. The fraction of sp³-hybridized carbons (Fsp3) is 0.882. The van der Waals surface area contributed by atoms with Gasteiger partial charge in [0.05, 0.1) is 5.71 Å². The predicted octanol–water partition coefficient (Wildman–Crippen LogP) is 4.05. The molecule has 4 saturated carbocycles. The average Bonchev–Trinajstić information content (AvgIpc) is 3.23. The van der Waals surface area contributed by atoms with Gasteiger partial charge in [0, 0.05) is 17.9 Å². The summed E-state index contributed by atoms with van der Waals surface area (Å²) in [6, 6.07) is 0. The van der Waals surface area contributed by atoms with Crippen LogP contribution in [-0.2, 0) is 0 Å². The first kappa shape index (κ1) is 12.8. The summed E-state index contributed by atoms with van der Waals surface area (Å²) < 4.78 is 0. The van der Waals surface area contributed by atoms with Gasteiger partial charge >= 0.3 is 0 Å². The molecule has 20 heavy (non-hydrogen) atoms. The summed E-state index contributed by atoms with van der Waals surface area (Å²) in [4.78, 5) is 4.69. The second-order valence-corrected chi connectivity index (χ2v) is 7.88. The lowest BCUT2D eigenvalue weighted by Crippen LogP contribution is -2.42. The SMILES string of the molecule is CN=C(C(=NO)C12CCC(CC1)C2)C12CCC(CC1)C2. The maximum atomic E-state index is 9.79. The van der Waals surface area contributed by atoms with E-state index >= 15 is 0 Å². The third-order valence-electron chi connectivity index (χ3n) is 7.04. The zero-order chi connectivity index (χ0) is 13.8. The highest BCUT2D eigenvalue weighted by Crippen LogP contribution is 2.59. The van der Waals surface area contributed by atoms with Crippen LogP contribution in [0.5, 0.6) is 0 Å². The highest BCUT2D eigenvalue weighted by molar-refractivity contribution is 6.46. The van der Waals surface area contributed by atoms with Gasteiger partial charge in [0.1, 0.15) is 5.71 Å². The van der Waals surface area contributed by atoms with Crippen LogP contribution in [-0.4, -0.2) is 23.7 Å².